The van der Waals surface area contributed by atoms with Crippen LogP contribution in [0.3, 0.4) is 0 Å². The molecule has 0 aromatic carbocycles. The summed E-state index contributed by atoms with van der Waals surface area (Å²) in [5.41, 5.74) is 6.04. The van der Waals surface area contributed by atoms with Gasteiger partial charge >= 0.3 is 0 Å². The summed E-state index contributed by atoms with van der Waals surface area (Å²) in [6.07, 6.45) is 5.65. The number of hydrogen-bond donors (Lipinski definition) is 0. The molecule has 3 aromatic heterocycles. The average molecular weight is 398 g/mol. The third-order valence-electron chi connectivity index (χ3n) is 4.90. The van der Waals surface area contributed by atoms with E-state index >= 15 is 0 Å². The van der Waals surface area contributed by atoms with Crippen molar-refractivity contribution in [3.8, 4) is 11.3 Å². The summed E-state index contributed by atoms with van der Waals surface area (Å²) in [5, 5.41) is 4.57. The number of fused-ring (bicyclic) bond motifs is 1. The minimum atomic E-state index is 0.746. The van der Waals surface area contributed by atoms with Crippen molar-refractivity contribution in [2.45, 2.75) is 33.6 Å². The molecule has 0 N–H and O–H groups in total. The zero-order valence-electron chi connectivity index (χ0n) is 17.9. The number of hydrogen-bond acceptors (Lipinski definition) is 6. The van der Waals surface area contributed by atoms with Crippen molar-refractivity contribution in [3.05, 3.63) is 42.0 Å². The van der Waals surface area contributed by atoms with Crippen LogP contribution in [-0.4, -0.2) is 59.6 Å². The van der Waals surface area contributed by atoms with E-state index in [1.54, 1.807) is 7.11 Å². The largest absolute Gasteiger partial charge is 0.385 e. The Morgan fingerprint density at radius 3 is 2.62 bits per heavy atom. The standard InChI is InChI=1S/C20H25N5O2.C2H6/c1-15-19(16-5-6-17(21-14-16)4-3-11-26-2)25-20(23-15)18(7-8-22-25)24-9-12-27-13-10-24;1-2/h5-8,14H,3-4,9-13H2,1-2H3;1-2H3. The summed E-state index contributed by atoms with van der Waals surface area (Å²) in [4.78, 5) is 11.8. The quantitative estimate of drug-likeness (QED) is 0.593. The fourth-order valence-electron chi connectivity index (χ4n) is 3.53. The first-order valence-corrected chi connectivity index (χ1v) is 10.4. The maximum atomic E-state index is 5.48. The molecule has 1 fully saturated rings. The van der Waals surface area contributed by atoms with Crippen LogP contribution in [0.1, 0.15) is 31.7 Å². The van der Waals surface area contributed by atoms with Crippen LogP contribution in [0.15, 0.2) is 30.6 Å². The lowest BCUT2D eigenvalue weighted by atomic mass is 10.1. The minimum absolute atomic E-state index is 0.746. The van der Waals surface area contributed by atoms with Crippen LogP contribution in [0.2, 0.25) is 0 Å². The van der Waals surface area contributed by atoms with Crippen LogP contribution in [0.25, 0.3) is 16.9 Å². The second-order valence-electron chi connectivity index (χ2n) is 6.73. The maximum absolute atomic E-state index is 5.48. The van der Waals surface area contributed by atoms with E-state index < -0.39 is 0 Å². The Balaban J connectivity index is 0.00000117. The number of anilines is 1. The number of aryl methyl sites for hydroxylation is 2. The highest BCUT2D eigenvalue weighted by atomic mass is 16.5. The second kappa shape index (κ2) is 10.3. The van der Waals surface area contributed by atoms with Gasteiger partial charge in [-0.15, -0.1) is 0 Å². The molecule has 0 unspecified atom stereocenters. The molecule has 1 aliphatic heterocycles. The Morgan fingerprint density at radius 1 is 1.14 bits per heavy atom. The van der Waals surface area contributed by atoms with Gasteiger partial charge in [0.1, 0.15) is 0 Å². The van der Waals surface area contributed by atoms with Gasteiger partial charge < -0.3 is 14.4 Å². The second-order valence-corrected chi connectivity index (χ2v) is 6.73. The lowest BCUT2D eigenvalue weighted by Gasteiger charge is -2.28. The fourth-order valence-corrected chi connectivity index (χ4v) is 3.53. The van der Waals surface area contributed by atoms with Crippen molar-refractivity contribution in [1.29, 1.82) is 0 Å². The molecule has 0 radical (unpaired) electrons. The van der Waals surface area contributed by atoms with Gasteiger partial charge in [0.2, 0.25) is 0 Å². The normalized spacial score (nSPS) is 14.0. The van der Waals surface area contributed by atoms with E-state index in [2.05, 4.69) is 27.1 Å². The molecular weight excluding hydrogens is 366 g/mol. The number of morpholine rings is 1. The molecule has 1 aliphatic rings. The minimum Gasteiger partial charge on any atom is -0.385 e. The summed E-state index contributed by atoms with van der Waals surface area (Å²) in [7, 11) is 1.72. The van der Waals surface area contributed by atoms with Crippen molar-refractivity contribution in [2.24, 2.45) is 0 Å². The zero-order chi connectivity index (χ0) is 20.6. The molecule has 0 spiro atoms. The topological polar surface area (TPSA) is 64.8 Å². The molecule has 4 heterocycles. The van der Waals surface area contributed by atoms with Gasteiger partial charge in [0.05, 0.1) is 36.5 Å². The highest BCUT2D eigenvalue weighted by Gasteiger charge is 2.19. The summed E-state index contributed by atoms with van der Waals surface area (Å²) in [6, 6.07) is 6.22. The van der Waals surface area contributed by atoms with Gasteiger partial charge in [0.15, 0.2) is 5.65 Å². The maximum Gasteiger partial charge on any atom is 0.178 e. The van der Waals surface area contributed by atoms with Crippen LogP contribution >= 0.6 is 0 Å². The molecule has 29 heavy (non-hydrogen) atoms. The van der Waals surface area contributed by atoms with Crippen molar-refractivity contribution in [2.75, 3.05) is 44.9 Å². The number of aromatic nitrogens is 4. The molecule has 1 saturated heterocycles. The first-order chi connectivity index (χ1) is 14.3. The molecule has 7 nitrogen and oxygen atoms in total. The predicted octanol–water partition coefficient (Wildman–Crippen LogP) is 3.54. The van der Waals surface area contributed by atoms with Gasteiger partial charge in [-0.2, -0.15) is 5.10 Å². The molecule has 156 valence electrons. The highest BCUT2D eigenvalue weighted by molar-refractivity contribution is 5.75. The third-order valence-corrected chi connectivity index (χ3v) is 4.90. The molecule has 0 saturated carbocycles. The monoisotopic (exact) mass is 397 g/mol. The molecule has 0 bridgehead atoms. The van der Waals surface area contributed by atoms with Crippen molar-refractivity contribution in [1.82, 2.24) is 19.6 Å². The molecular formula is C22H31N5O2. The highest BCUT2D eigenvalue weighted by Crippen LogP contribution is 2.28. The number of imidazole rings is 1. The van der Waals surface area contributed by atoms with Crippen LogP contribution in [0.4, 0.5) is 5.69 Å². The zero-order valence-corrected chi connectivity index (χ0v) is 17.9. The Kier molecular flexibility index (Phi) is 7.55. The summed E-state index contributed by atoms with van der Waals surface area (Å²) in [5.74, 6) is 0. The Bertz CT molecular complexity index is 901. The third kappa shape index (κ3) is 4.74. The summed E-state index contributed by atoms with van der Waals surface area (Å²) >= 11 is 0. The summed E-state index contributed by atoms with van der Waals surface area (Å²) < 4.78 is 12.5. The van der Waals surface area contributed by atoms with Crippen molar-refractivity contribution < 1.29 is 9.47 Å². The molecule has 0 aliphatic carbocycles. The van der Waals surface area contributed by atoms with E-state index in [0.717, 1.165) is 79.7 Å². The van der Waals surface area contributed by atoms with Crippen LogP contribution in [0, 0.1) is 6.92 Å². The van der Waals surface area contributed by atoms with Gasteiger partial charge in [-0.1, -0.05) is 13.8 Å². The fraction of sp³-hybridized carbons (Fsp3) is 0.500. The average Bonchev–Trinajstić information content (AvgIpc) is 3.12. The number of pyridine rings is 1. The number of rotatable bonds is 6. The van der Waals surface area contributed by atoms with Crippen LogP contribution < -0.4 is 4.90 Å². The van der Waals surface area contributed by atoms with Gasteiger partial charge in [0.25, 0.3) is 0 Å². The van der Waals surface area contributed by atoms with E-state index in [0.29, 0.717) is 0 Å². The van der Waals surface area contributed by atoms with E-state index in [9.17, 15) is 0 Å². The Hall–Kier alpha value is -2.51. The van der Waals surface area contributed by atoms with Gasteiger partial charge in [0, 0.05) is 44.3 Å². The number of methoxy groups -OCH3 is 1. The number of nitrogens with zero attached hydrogens (tertiary/aromatic N) is 5. The van der Waals surface area contributed by atoms with E-state index in [1.165, 1.54) is 0 Å². The smallest absolute Gasteiger partial charge is 0.178 e. The molecule has 4 rings (SSSR count). The van der Waals surface area contributed by atoms with Crippen LogP contribution in [-0.2, 0) is 15.9 Å². The molecule has 0 atom stereocenters. The predicted molar refractivity (Wildman–Crippen MR) is 116 cm³/mol. The lowest BCUT2D eigenvalue weighted by molar-refractivity contribution is 0.123. The Morgan fingerprint density at radius 2 is 1.93 bits per heavy atom. The van der Waals surface area contributed by atoms with E-state index in [1.807, 2.05) is 43.7 Å². The van der Waals surface area contributed by atoms with E-state index in [-0.39, 0.29) is 0 Å². The summed E-state index contributed by atoms with van der Waals surface area (Å²) in [6.45, 7) is 10.0. The van der Waals surface area contributed by atoms with Crippen molar-refractivity contribution in [3.63, 3.8) is 0 Å². The first-order valence-electron chi connectivity index (χ1n) is 10.4. The van der Waals surface area contributed by atoms with E-state index in [4.69, 9.17) is 14.5 Å². The van der Waals surface area contributed by atoms with Gasteiger partial charge in [-0.05, 0) is 38.0 Å². The lowest BCUT2D eigenvalue weighted by Crippen LogP contribution is -2.36. The first kappa shape index (κ1) is 21.2. The van der Waals surface area contributed by atoms with Crippen LogP contribution in [0.5, 0.6) is 0 Å². The SMILES string of the molecule is CC.COCCCc1ccc(-c2c(C)nc3c(N4CCOCC4)ccnn23)cn1. The molecule has 3 aromatic rings. The van der Waals surface area contributed by atoms with Crippen molar-refractivity contribution >= 4 is 11.3 Å². The van der Waals surface area contributed by atoms with Gasteiger partial charge in [-0.25, -0.2) is 9.50 Å². The molecule has 7 heteroatoms. The van der Waals surface area contributed by atoms with Gasteiger partial charge in [-0.3, -0.25) is 4.98 Å². The molecule has 0 amide bonds. The number of ether oxygens (including phenoxy) is 2. The Labute approximate surface area is 172 Å².